The van der Waals surface area contributed by atoms with Crippen molar-refractivity contribution in [3.05, 3.63) is 27.7 Å². The molecule has 1 aromatic rings. The Balaban J connectivity index is 1.85. The number of nitrogens with one attached hydrogen (secondary N) is 1. The second-order valence-electron chi connectivity index (χ2n) is 4.47. The summed E-state index contributed by atoms with van der Waals surface area (Å²) in [5.41, 5.74) is 0.527. The van der Waals surface area contributed by atoms with E-state index in [0.29, 0.717) is 15.2 Å². The zero-order valence-corrected chi connectivity index (χ0v) is 12.3. The number of hydrogen-bond donors (Lipinski definition) is 1. The van der Waals surface area contributed by atoms with E-state index in [4.69, 9.17) is 11.6 Å². The second-order valence-corrected chi connectivity index (χ2v) is 5.76. The molecule has 0 radical (unpaired) electrons. The average Bonchev–Trinajstić information content (AvgIpc) is 2.25. The molecule has 0 aromatic heterocycles. The van der Waals surface area contributed by atoms with Gasteiger partial charge in [-0.15, -0.1) is 13.2 Å². The van der Waals surface area contributed by atoms with Crippen LogP contribution in [0.25, 0.3) is 0 Å². The quantitative estimate of drug-likeness (QED) is 0.856. The lowest BCUT2D eigenvalue weighted by Gasteiger charge is -2.34. The summed E-state index contributed by atoms with van der Waals surface area (Å²) in [6.45, 7) is 0. The van der Waals surface area contributed by atoms with E-state index < -0.39 is 18.4 Å². The standard InChI is InChI=1S/C12H10BrClF3NO2/c13-9-5-7(14)1-2-10(9)18-11(19)6-3-8(4-6)20-12(15,16)17/h1-2,5-6,8H,3-4H2,(H,18,19). The normalized spacial score (nSPS) is 22.2. The molecule has 1 saturated carbocycles. The molecule has 0 bridgehead atoms. The molecule has 1 aromatic carbocycles. The van der Waals surface area contributed by atoms with Gasteiger partial charge in [-0.25, -0.2) is 0 Å². The van der Waals surface area contributed by atoms with Crippen molar-refractivity contribution in [3.8, 4) is 0 Å². The smallest absolute Gasteiger partial charge is 0.325 e. The molecule has 1 aliphatic rings. The minimum atomic E-state index is -4.65. The largest absolute Gasteiger partial charge is 0.522 e. The van der Waals surface area contributed by atoms with Crippen LogP contribution in [0, 0.1) is 5.92 Å². The Bertz CT molecular complexity index is 518. The van der Waals surface area contributed by atoms with Gasteiger partial charge in [-0.3, -0.25) is 9.53 Å². The predicted molar refractivity (Wildman–Crippen MR) is 71.4 cm³/mol. The number of amides is 1. The maximum Gasteiger partial charge on any atom is 0.522 e. The average molecular weight is 373 g/mol. The molecule has 8 heteroatoms. The number of anilines is 1. The van der Waals surface area contributed by atoms with Gasteiger partial charge in [0.25, 0.3) is 0 Å². The summed E-state index contributed by atoms with van der Waals surface area (Å²) < 4.78 is 40.3. The van der Waals surface area contributed by atoms with Crippen molar-refractivity contribution in [1.82, 2.24) is 0 Å². The van der Waals surface area contributed by atoms with Crippen molar-refractivity contribution in [1.29, 1.82) is 0 Å². The first kappa shape index (κ1) is 15.6. The van der Waals surface area contributed by atoms with E-state index in [1.54, 1.807) is 18.2 Å². The summed E-state index contributed by atoms with van der Waals surface area (Å²) in [7, 11) is 0. The van der Waals surface area contributed by atoms with Crippen molar-refractivity contribution in [2.75, 3.05) is 5.32 Å². The van der Waals surface area contributed by atoms with Crippen LogP contribution in [0.4, 0.5) is 18.9 Å². The zero-order chi connectivity index (χ0) is 14.9. The highest BCUT2D eigenvalue weighted by atomic mass is 79.9. The van der Waals surface area contributed by atoms with E-state index in [1.807, 2.05) is 0 Å². The number of ether oxygens (including phenoxy) is 1. The topological polar surface area (TPSA) is 38.3 Å². The molecular weight excluding hydrogens is 362 g/mol. The Morgan fingerprint density at radius 1 is 1.40 bits per heavy atom. The zero-order valence-electron chi connectivity index (χ0n) is 10.0. The first-order valence-electron chi connectivity index (χ1n) is 5.75. The first-order chi connectivity index (χ1) is 9.24. The predicted octanol–water partition coefficient (Wildman–Crippen LogP) is 4.36. The van der Waals surface area contributed by atoms with Gasteiger partial charge in [0.2, 0.25) is 5.91 Å². The first-order valence-corrected chi connectivity index (χ1v) is 6.92. The fraction of sp³-hybridized carbons (Fsp3) is 0.417. The Kier molecular flexibility index (Phi) is 4.61. The monoisotopic (exact) mass is 371 g/mol. The summed E-state index contributed by atoms with van der Waals surface area (Å²) >= 11 is 9.01. The third-order valence-electron chi connectivity index (χ3n) is 2.95. The maximum absolute atomic E-state index is 12.0. The fourth-order valence-electron chi connectivity index (χ4n) is 1.89. The molecule has 0 spiro atoms. The highest BCUT2D eigenvalue weighted by molar-refractivity contribution is 9.10. The number of carbonyl (C=O) groups excluding carboxylic acids is 1. The van der Waals surface area contributed by atoms with Gasteiger partial charge in [-0.05, 0) is 47.0 Å². The Morgan fingerprint density at radius 3 is 2.60 bits per heavy atom. The number of alkyl halides is 3. The van der Waals surface area contributed by atoms with Gasteiger partial charge in [0.15, 0.2) is 0 Å². The van der Waals surface area contributed by atoms with Crippen molar-refractivity contribution >= 4 is 39.1 Å². The summed E-state index contributed by atoms with van der Waals surface area (Å²) in [6.07, 6.45) is -5.45. The molecule has 110 valence electrons. The molecule has 1 aliphatic carbocycles. The molecule has 0 aliphatic heterocycles. The van der Waals surface area contributed by atoms with E-state index in [-0.39, 0.29) is 18.7 Å². The van der Waals surface area contributed by atoms with E-state index in [9.17, 15) is 18.0 Å². The fourth-order valence-corrected chi connectivity index (χ4v) is 2.67. The van der Waals surface area contributed by atoms with Crippen LogP contribution in [0.1, 0.15) is 12.8 Å². The van der Waals surface area contributed by atoms with Crippen LogP contribution in [-0.2, 0) is 9.53 Å². The Hall–Kier alpha value is -0.790. The molecular formula is C12H10BrClF3NO2. The van der Waals surface area contributed by atoms with Crippen molar-refractivity contribution in [3.63, 3.8) is 0 Å². The number of hydrogen-bond acceptors (Lipinski definition) is 2. The van der Waals surface area contributed by atoms with Crippen LogP contribution in [0.3, 0.4) is 0 Å². The molecule has 1 N–H and O–H groups in total. The van der Waals surface area contributed by atoms with Crippen molar-refractivity contribution < 1.29 is 22.7 Å². The number of carbonyl (C=O) groups is 1. The van der Waals surface area contributed by atoms with Gasteiger partial charge in [0, 0.05) is 15.4 Å². The lowest BCUT2D eigenvalue weighted by atomic mass is 9.81. The molecule has 3 nitrogen and oxygen atoms in total. The Morgan fingerprint density at radius 2 is 2.05 bits per heavy atom. The molecule has 0 unspecified atom stereocenters. The molecule has 0 saturated heterocycles. The molecule has 1 fully saturated rings. The van der Waals surface area contributed by atoms with E-state index in [1.165, 1.54) is 0 Å². The maximum atomic E-state index is 12.0. The number of halogens is 5. The van der Waals surface area contributed by atoms with Gasteiger partial charge in [-0.1, -0.05) is 11.6 Å². The van der Waals surface area contributed by atoms with Gasteiger partial charge in [0.1, 0.15) is 0 Å². The van der Waals surface area contributed by atoms with Crippen LogP contribution in [0.5, 0.6) is 0 Å². The van der Waals surface area contributed by atoms with Crippen molar-refractivity contribution in [2.45, 2.75) is 25.3 Å². The van der Waals surface area contributed by atoms with E-state index in [0.717, 1.165) is 0 Å². The second kappa shape index (κ2) is 5.91. The minimum absolute atomic E-state index is 0.0660. The third kappa shape index (κ3) is 4.10. The van der Waals surface area contributed by atoms with Crippen LogP contribution in [0.15, 0.2) is 22.7 Å². The van der Waals surface area contributed by atoms with Crippen LogP contribution < -0.4 is 5.32 Å². The van der Waals surface area contributed by atoms with Crippen LogP contribution >= 0.6 is 27.5 Å². The molecule has 2 rings (SSSR count). The summed E-state index contributed by atoms with van der Waals surface area (Å²) in [6, 6.07) is 4.85. The lowest BCUT2D eigenvalue weighted by molar-refractivity contribution is -0.353. The Labute approximate surface area is 126 Å². The van der Waals surface area contributed by atoms with Gasteiger partial charge >= 0.3 is 6.36 Å². The molecule has 0 atom stereocenters. The molecule has 0 heterocycles. The number of benzene rings is 1. The number of rotatable bonds is 3. The SMILES string of the molecule is O=C(Nc1ccc(Cl)cc1Br)C1CC(OC(F)(F)F)C1. The molecule has 20 heavy (non-hydrogen) atoms. The van der Waals surface area contributed by atoms with Crippen molar-refractivity contribution in [2.24, 2.45) is 5.92 Å². The van der Waals surface area contributed by atoms with E-state index >= 15 is 0 Å². The van der Waals surface area contributed by atoms with Gasteiger partial charge < -0.3 is 5.32 Å². The minimum Gasteiger partial charge on any atom is -0.325 e. The van der Waals surface area contributed by atoms with Crippen LogP contribution in [-0.4, -0.2) is 18.4 Å². The molecule has 1 amide bonds. The highest BCUT2D eigenvalue weighted by Gasteiger charge is 2.42. The lowest BCUT2D eigenvalue weighted by Crippen LogP contribution is -2.41. The van der Waals surface area contributed by atoms with Gasteiger partial charge in [0.05, 0.1) is 11.8 Å². The van der Waals surface area contributed by atoms with Gasteiger partial charge in [-0.2, -0.15) is 0 Å². The van der Waals surface area contributed by atoms with E-state index in [2.05, 4.69) is 26.0 Å². The highest BCUT2D eigenvalue weighted by Crippen LogP contribution is 2.36. The summed E-state index contributed by atoms with van der Waals surface area (Å²) in [4.78, 5) is 11.8. The third-order valence-corrected chi connectivity index (χ3v) is 3.85. The summed E-state index contributed by atoms with van der Waals surface area (Å²) in [5, 5.41) is 3.15. The van der Waals surface area contributed by atoms with Crippen LogP contribution in [0.2, 0.25) is 5.02 Å². The summed E-state index contributed by atoms with van der Waals surface area (Å²) in [5.74, 6) is -0.792.